The summed E-state index contributed by atoms with van der Waals surface area (Å²) in [5, 5.41) is 2.93. The monoisotopic (exact) mass is 274 g/mol. The van der Waals surface area contributed by atoms with Gasteiger partial charge in [0, 0.05) is 13.7 Å². The molecule has 0 aliphatic carbocycles. The summed E-state index contributed by atoms with van der Waals surface area (Å²) in [5.41, 5.74) is 4.79. The average Bonchev–Trinajstić information content (AvgIpc) is 2.32. The number of ether oxygens (including phenoxy) is 1. The molecule has 1 atom stereocenters. The molecule has 0 bridgehead atoms. The summed E-state index contributed by atoms with van der Waals surface area (Å²) in [6.45, 7) is 2.48. The van der Waals surface area contributed by atoms with Crippen molar-refractivity contribution >= 4 is 17.5 Å². The van der Waals surface area contributed by atoms with Crippen LogP contribution in [-0.4, -0.2) is 26.2 Å². The summed E-state index contributed by atoms with van der Waals surface area (Å²) in [7, 11) is 1.55. The fraction of sp³-hybridized carbons (Fsp3) is 0.417. The minimum atomic E-state index is -1.12. The van der Waals surface area contributed by atoms with Crippen LogP contribution in [0.15, 0.2) is 18.2 Å². The predicted molar refractivity (Wildman–Crippen MR) is 67.8 cm³/mol. The zero-order valence-corrected chi connectivity index (χ0v) is 11.1. The molecular weight excluding hydrogens is 259 g/mol. The zero-order valence-electron chi connectivity index (χ0n) is 10.3. The molecule has 1 amide bonds. The lowest BCUT2D eigenvalue weighted by Crippen LogP contribution is -2.51. The summed E-state index contributed by atoms with van der Waals surface area (Å²) >= 11 is 5.71. The Morgan fingerprint density at radius 1 is 1.61 bits per heavy atom. The predicted octanol–water partition coefficient (Wildman–Crippen LogP) is 1.42. The van der Waals surface area contributed by atoms with Gasteiger partial charge in [-0.2, -0.15) is 0 Å². The number of methoxy groups -OCH3 is 1. The lowest BCUT2D eigenvalue weighted by Gasteiger charge is -2.28. The third kappa shape index (κ3) is 3.19. The van der Waals surface area contributed by atoms with E-state index in [2.05, 4.69) is 5.32 Å². The minimum Gasteiger partial charge on any atom is -0.383 e. The van der Waals surface area contributed by atoms with Crippen molar-refractivity contribution in [2.75, 3.05) is 20.3 Å². The van der Waals surface area contributed by atoms with Gasteiger partial charge in [-0.3, -0.25) is 10.1 Å². The van der Waals surface area contributed by atoms with Gasteiger partial charge in [-0.05, 0) is 24.6 Å². The maximum Gasteiger partial charge on any atom is 0.242 e. The summed E-state index contributed by atoms with van der Waals surface area (Å²) < 4.78 is 18.0. The van der Waals surface area contributed by atoms with Crippen molar-refractivity contribution in [3.8, 4) is 0 Å². The highest BCUT2D eigenvalue weighted by molar-refractivity contribution is 6.30. The Balaban J connectivity index is 3.02. The Morgan fingerprint density at radius 3 is 2.78 bits per heavy atom. The van der Waals surface area contributed by atoms with Crippen LogP contribution >= 0.6 is 11.6 Å². The second-order valence-electron chi connectivity index (χ2n) is 4.04. The number of hydrogen-bond donors (Lipinski definition) is 2. The van der Waals surface area contributed by atoms with Crippen LogP contribution in [0, 0.1) is 5.82 Å². The highest BCUT2D eigenvalue weighted by Gasteiger charge is 2.32. The number of amides is 1. The molecule has 6 heteroatoms. The largest absolute Gasteiger partial charge is 0.383 e. The molecule has 1 rings (SSSR count). The summed E-state index contributed by atoms with van der Waals surface area (Å²) in [6, 6.07) is 4.07. The second kappa shape index (κ2) is 6.13. The quantitative estimate of drug-likeness (QED) is 0.771. The van der Waals surface area contributed by atoms with E-state index in [1.807, 2.05) is 0 Å². The number of nitrogens with two attached hydrogens (primary N) is 1. The Labute approximate surface area is 110 Å². The molecular formula is C12H16ClFN2O2. The number of halogens is 2. The van der Waals surface area contributed by atoms with Crippen LogP contribution in [0.25, 0.3) is 0 Å². The Hall–Kier alpha value is -1.17. The van der Waals surface area contributed by atoms with Gasteiger partial charge in [0.25, 0.3) is 0 Å². The van der Waals surface area contributed by atoms with Crippen molar-refractivity contribution in [3.63, 3.8) is 0 Å². The van der Waals surface area contributed by atoms with E-state index in [0.29, 0.717) is 18.7 Å². The Morgan fingerprint density at radius 2 is 2.28 bits per heavy atom. The van der Waals surface area contributed by atoms with E-state index in [4.69, 9.17) is 22.1 Å². The molecule has 1 aromatic rings. The van der Waals surface area contributed by atoms with E-state index in [1.165, 1.54) is 18.2 Å². The molecule has 0 aromatic heterocycles. The van der Waals surface area contributed by atoms with Crippen molar-refractivity contribution in [2.24, 2.45) is 5.73 Å². The number of primary amides is 1. The van der Waals surface area contributed by atoms with E-state index >= 15 is 0 Å². The molecule has 0 heterocycles. The first kappa shape index (κ1) is 14.9. The van der Waals surface area contributed by atoms with Gasteiger partial charge in [-0.15, -0.1) is 0 Å². The molecule has 3 N–H and O–H groups in total. The number of carbonyl (C=O) groups is 1. The van der Waals surface area contributed by atoms with E-state index < -0.39 is 17.3 Å². The molecule has 0 aliphatic rings. The maximum absolute atomic E-state index is 13.1. The van der Waals surface area contributed by atoms with Crippen LogP contribution in [0.2, 0.25) is 5.02 Å². The lowest BCUT2D eigenvalue weighted by molar-refractivity contribution is -0.124. The summed E-state index contributed by atoms with van der Waals surface area (Å²) in [4.78, 5) is 11.6. The van der Waals surface area contributed by atoms with E-state index in [-0.39, 0.29) is 5.02 Å². The van der Waals surface area contributed by atoms with Crippen molar-refractivity contribution in [3.05, 3.63) is 34.6 Å². The topological polar surface area (TPSA) is 64.3 Å². The Kier molecular flexibility index (Phi) is 5.07. The number of carbonyl (C=O) groups excluding carboxylic acids is 1. The lowest BCUT2D eigenvalue weighted by atomic mass is 9.91. The van der Waals surface area contributed by atoms with Crippen LogP contribution in [0.3, 0.4) is 0 Å². The molecule has 0 fully saturated rings. The Bertz CT molecular complexity index is 442. The molecule has 0 radical (unpaired) electrons. The fourth-order valence-corrected chi connectivity index (χ4v) is 1.72. The SMILES string of the molecule is COCCNC(C)(C(N)=O)c1ccc(F)c(Cl)c1. The van der Waals surface area contributed by atoms with Gasteiger partial charge in [0.2, 0.25) is 5.91 Å². The molecule has 0 saturated carbocycles. The number of benzene rings is 1. The highest BCUT2D eigenvalue weighted by Crippen LogP contribution is 2.25. The maximum atomic E-state index is 13.1. The molecule has 0 aliphatic heterocycles. The van der Waals surface area contributed by atoms with Crippen LogP contribution in [0.5, 0.6) is 0 Å². The van der Waals surface area contributed by atoms with Gasteiger partial charge in [0.15, 0.2) is 0 Å². The number of rotatable bonds is 6. The van der Waals surface area contributed by atoms with Gasteiger partial charge >= 0.3 is 0 Å². The van der Waals surface area contributed by atoms with Crippen LogP contribution in [0.4, 0.5) is 4.39 Å². The number of nitrogens with one attached hydrogen (secondary N) is 1. The van der Waals surface area contributed by atoms with Crippen LogP contribution < -0.4 is 11.1 Å². The standard InChI is InChI=1S/C12H16ClFN2O2/c1-12(11(15)17,16-5-6-18-2)8-3-4-10(14)9(13)7-8/h3-4,7,16H,5-6H2,1-2H3,(H2,15,17). The van der Waals surface area contributed by atoms with E-state index in [0.717, 1.165) is 0 Å². The third-order valence-corrected chi connectivity index (χ3v) is 3.06. The van der Waals surface area contributed by atoms with Crippen molar-refractivity contribution in [2.45, 2.75) is 12.5 Å². The van der Waals surface area contributed by atoms with E-state index in [1.54, 1.807) is 14.0 Å². The first-order valence-corrected chi connectivity index (χ1v) is 5.79. The molecule has 18 heavy (non-hydrogen) atoms. The van der Waals surface area contributed by atoms with E-state index in [9.17, 15) is 9.18 Å². The normalized spacial score (nSPS) is 14.2. The molecule has 0 saturated heterocycles. The van der Waals surface area contributed by atoms with Crippen molar-refractivity contribution in [1.29, 1.82) is 0 Å². The summed E-state index contributed by atoms with van der Waals surface area (Å²) in [6.07, 6.45) is 0. The fourth-order valence-electron chi connectivity index (χ4n) is 1.54. The number of hydrogen-bond acceptors (Lipinski definition) is 3. The summed E-state index contributed by atoms with van der Waals surface area (Å²) in [5.74, 6) is -1.11. The van der Waals surface area contributed by atoms with Crippen molar-refractivity contribution < 1.29 is 13.9 Å². The van der Waals surface area contributed by atoms with Crippen LogP contribution in [0.1, 0.15) is 12.5 Å². The molecule has 100 valence electrons. The second-order valence-corrected chi connectivity index (χ2v) is 4.44. The molecule has 1 aromatic carbocycles. The van der Waals surface area contributed by atoms with Gasteiger partial charge < -0.3 is 10.5 Å². The highest BCUT2D eigenvalue weighted by atomic mass is 35.5. The minimum absolute atomic E-state index is 0.0477. The van der Waals surface area contributed by atoms with Gasteiger partial charge in [-0.25, -0.2) is 4.39 Å². The van der Waals surface area contributed by atoms with Gasteiger partial charge in [0.05, 0.1) is 11.6 Å². The zero-order chi connectivity index (χ0) is 13.8. The smallest absolute Gasteiger partial charge is 0.242 e. The third-order valence-electron chi connectivity index (χ3n) is 2.77. The van der Waals surface area contributed by atoms with Crippen molar-refractivity contribution in [1.82, 2.24) is 5.32 Å². The molecule has 1 unspecified atom stereocenters. The van der Waals surface area contributed by atoms with Gasteiger partial charge in [-0.1, -0.05) is 17.7 Å². The molecule has 0 spiro atoms. The van der Waals surface area contributed by atoms with Gasteiger partial charge in [0.1, 0.15) is 11.4 Å². The average molecular weight is 275 g/mol. The first-order chi connectivity index (χ1) is 8.41. The molecule has 4 nitrogen and oxygen atoms in total. The van der Waals surface area contributed by atoms with Crippen LogP contribution in [-0.2, 0) is 15.1 Å². The first-order valence-electron chi connectivity index (χ1n) is 5.41.